The summed E-state index contributed by atoms with van der Waals surface area (Å²) in [6.07, 6.45) is 2.15. The van der Waals surface area contributed by atoms with E-state index in [1.807, 2.05) is 30.3 Å². The second kappa shape index (κ2) is 5.09. The van der Waals surface area contributed by atoms with Gasteiger partial charge < -0.3 is 10.6 Å². The van der Waals surface area contributed by atoms with E-state index in [9.17, 15) is 13.2 Å². The van der Waals surface area contributed by atoms with Crippen LogP contribution in [0.5, 0.6) is 0 Å². The minimum absolute atomic E-state index is 0.0968. The summed E-state index contributed by atoms with van der Waals surface area (Å²) < 4.78 is 22.8. The largest absolute Gasteiger partial charge is 0.382 e. The number of amides is 1. The van der Waals surface area contributed by atoms with Crippen molar-refractivity contribution in [1.82, 2.24) is 5.32 Å². The molecule has 6 heteroatoms. The molecule has 1 aliphatic carbocycles. The monoisotopic (exact) mass is 294 g/mol. The van der Waals surface area contributed by atoms with Crippen LogP contribution >= 0.6 is 0 Å². The number of rotatable bonds is 4. The number of carbonyl (C=O) groups excluding carboxylic acids is 1. The van der Waals surface area contributed by atoms with Gasteiger partial charge in [0.25, 0.3) is 0 Å². The Kier molecular flexibility index (Phi) is 3.41. The van der Waals surface area contributed by atoms with E-state index in [1.165, 1.54) is 0 Å². The number of carbonyl (C=O) groups is 1. The van der Waals surface area contributed by atoms with E-state index >= 15 is 0 Å². The van der Waals surface area contributed by atoms with Crippen LogP contribution < -0.4 is 10.6 Å². The first-order chi connectivity index (χ1) is 9.54. The molecule has 0 spiro atoms. The van der Waals surface area contributed by atoms with E-state index in [0.29, 0.717) is 12.5 Å². The fraction of sp³-hybridized carbons (Fsp3) is 0.500. The number of anilines is 1. The quantitative estimate of drug-likeness (QED) is 0.866. The first kappa shape index (κ1) is 13.4. The third kappa shape index (κ3) is 2.65. The zero-order valence-electron chi connectivity index (χ0n) is 11.1. The number of sulfone groups is 1. The molecule has 2 fully saturated rings. The Hall–Kier alpha value is -1.56. The molecular formula is C14H18N2O3S. The lowest BCUT2D eigenvalue weighted by Gasteiger charge is -2.38. The van der Waals surface area contributed by atoms with Gasteiger partial charge in [-0.05, 0) is 31.4 Å². The van der Waals surface area contributed by atoms with E-state index < -0.39 is 15.1 Å². The molecule has 1 aromatic carbocycles. The molecule has 1 amide bonds. The van der Waals surface area contributed by atoms with Crippen LogP contribution in [-0.2, 0) is 14.6 Å². The Morgan fingerprint density at radius 3 is 2.35 bits per heavy atom. The van der Waals surface area contributed by atoms with E-state index in [-0.39, 0.29) is 17.7 Å². The molecule has 1 atom stereocenters. The Balaban J connectivity index is 1.44. The van der Waals surface area contributed by atoms with E-state index in [0.717, 1.165) is 18.5 Å². The van der Waals surface area contributed by atoms with Crippen LogP contribution in [0.4, 0.5) is 5.69 Å². The summed E-state index contributed by atoms with van der Waals surface area (Å²) >= 11 is 0. The summed E-state index contributed by atoms with van der Waals surface area (Å²) in [5.74, 6) is -0.173. The van der Waals surface area contributed by atoms with Gasteiger partial charge in [0, 0.05) is 17.8 Å². The highest BCUT2D eigenvalue weighted by Crippen LogP contribution is 2.26. The van der Waals surface area contributed by atoms with Crippen molar-refractivity contribution in [3.05, 3.63) is 30.3 Å². The highest BCUT2D eigenvalue weighted by atomic mass is 32.2. The van der Waals surface area contributed by atoms with Crippen molar-refractivity contribution < 1.29 is 13.2 Å². The fourth-order valence-electron chi connectivity index (χ4n) is 2.64. The second-order valence-electron chi connectivity index (χ2n) is 5.53. The van der Waals surface area contributed by atoms with Gasteiger partial charge in [-0.3, -0.25) is 4.79 Å². The number of hydrogen-bond donors (Lipinski definition) is 2. The molecule has 1 saturated heterocycles. The van der Waals surface area contributed by atoms with Crippen LogP contribution in [0.2, 0.25) is 0 Å². The van der Waals surface area contributed by atoms with Gasteiger partial charge in [-0.15, -0.1) is 0 Å². The molecule has 20 heavy (non-hydrogen) atoms. The molecule has 0 bridgehead atoms. The van der Waals surface area contributed by atoms with Crippen molar-refractivity contribution in [2.75, 3.05) is 11.1 Å². The lowest BCUT2D eigenvalue weighted by molar-refractivity contribution is -0.122. The number of para-hydroxylation sites is 1. The average molecular weight is 294 g/mol. The van der Waals surface area contributed by atoms with Gasteiger partial charge in [0.2, 0.25) is 5.91 Å². The third-order valence-corrected chi connectivity index (χ3v) is 6.14. The molecule has 1 saturated carbocycles. The van der Waals surface area contributed by atoms with Gasteiger partial charge in [-0.2, -0.15) is 0 Å². The molecule has 108 valence electrons. The van der Waals surface area contributed by atoms with Crippen LogP contribution in [0, 0.1) is 0 Å². The number of nitrogens with one attached hydrogen (secondary N) is 2. The van der Waals surface area contributed by atoms with Crippen LogP contribution in [0.3, 0.4) is 0 Å². The molecule has 1 aliphatic heterocycles. The highest BCUT2D eigenvalue weighted by Gasteiger charge is 2.43. The summed E-state index contributed by atoms with van der Waals surface area (Å²) in [4.78, 5) is 11.8. The zero-order valence-corrected chi connectivity index (χ0v) is 11.9. The maximum atomic E-state index is 11.8. The van der Waals surface area contributed by atoms with E-state index in [2.05, 4.69) is 10.6 Å². The summed E-state index contributed by atoms with van der Waals surface area (Å²) in [6, 6.07) is 10.4. The number of hydrogen-bond acceptors (Lipinski definition) is 4. The van der Waals surface area contributed by atoms with Crippen molar-refractivity contribution in [2.45, 2.75) is 36.6 Å². The standard InChI is InChI=1S/C14H18N2O3S/c17-14(13-6-7-20(13,18)19)16-12-8-11(9-12)15-10-4-2-1-3-5-10/h1-5,11-13,15H,6-9H2,(H,16,17). The maximum absolute atomic E-state index is 11.8. The Bertz CT molecular complexity index is 594. The van der Waals surface area contributed by atoms with Crippen molar-refractivity contribution in [1.29, 1.82) is 0 Å². The lowest BCUT2D eigenvalue weighted by Crippen LogP contribution is -2.56. The highest BCUT2D eigenvalue weighted by molar-refractivity contribution is 7.94. The average Bonchev–Trinajstić information content (AvgIpc) is 2.36. The Morgan fingerprint density at radius 1 is 1.10 bits per heavy atom. The van der Waals surface area contributed by atoms with Crippen molar-refractivity contribution >= 4 is 21.4 Å². The van der Waals surface area contributed by atoms with Crippen LogP contribution in [-0.4, -0.2) is 37.4 Å². The summed E-state index contributed by atoms with van der Waals surface area (Å²) in [7, 11) is -3.14. The van der Waals surface area contributed by atoms with Crippen LogP contribution in [0.15, 0.2) is 30.3 Å². The van der Waals surface area contributed by atoms with Crippen molar-refractivity contribution in [3.63, 3.8) is 0 Å². The molecule has 2 aliphatic rings. The van der Waals surface area contributed by atoms with Gasteiger partial charge in [0.15, 0.2) is 9.84 Å². The minimum atomic E-state index is -3.14. The summed E-state index contributed by atoms with van der Waals surface area (Å²) in [5.41, 5.74) is 1.07. The molecule has 2 N–H and O–H groups in total. The zero-order chi connectivity index (χ0) is 14.2. The normalized spacial score (nSPS) is 30.7. The Labute approximate surface area is 118 Å². The molecule has 1 unspecified atom stereocenters. The SMILES string of the molecule is O=C(NC1CC(Nc2ccccc2)C1)C1CCS1(=O)=O. The molecule has 5 nitrogen and oxygen atoms in total. The molecule has 0 radical (unpaired) electrons. The predicted molar refractivity (Wildman–Crippen MR) is 77.2 cm³/mol. The Morgan fingerprint density at radius 2 is 1.80 bits per heavy atom. The van der Waals surface area contributed by atoms with Crippen molar-refractivity contribution in [3.8, 4) is 0 Å². The molecule has 1 aromatic rings. The van der Waals surface area contributed by atoms with Gasteiger partial charge in [0.1, 0.15) is 5.25 Å². The lowest BCUT2D eigenvalue weighted by atomic mass is 9.86. The van der Waals surface area contributed by atoms with Crippen molar-refractivity contribution in [2.24, 2.45) is 0 Å². The first-order valence-corrected chi connectivity index (χ1v) is 8.60. The third-order valence-electron chi connectivity index (χ3n) is 4.02. The predicted octanol–water partition coefficient (Wildman–Crippen LogP) is 0.933. The summed E-state index contributed by atoms with van der Waals surface area (Å²) in [6.45, 7) is 0. The van der Waals surface area contributed by atoms with Crippen LogP contribution in [0.25, 0.3) is 0 Å². The first-order valence-electron chi connectivity index (χ1n) is 6.88. The molecule has 1 heterocycles. The topological polar surface area (TPSA) is 75.3 Å². The fourth-order valence-corrected chi connectivity index (χ4v) is 3.89. The van der Waals surface area contributed by atoms with Gasteiger partial charge in [-0.1, -0.05) is 18.2 Å². The van der Waals surface area contributed by atoms with E-state index in [4.69, 9.17) is 0 Å². The van der Waals surface area contributed by atoms with Gasteiger partial charge >= 0.3 is 0 Å². The number of benzene rings is 1. The molecule has 0 aromatic heterocycles. The summed E-state index contributed by atoms with van der Waals surface area (Å²) in [5, 5.41) is 5.41. The second-order valence-corrected chi connectivity index (χ2v) is 7.83. The van der Waals surface area contributed by atoms with E-state index in [1.54, 1.807) is 0 Å². The smallest absolute Gasteiger partial charge is 0.238 e. The molecule has 3 rings (SSSR count). The molecular weight excluding hydrogens is 276 g/mol. The van der Waals surface area contributed by atoms with Crippen LogP contribution in [0.1, 0.15) is 19.3 Å². The minimum Gasteiger partial charge on any atom is -0.382 e. The van der Waals surface area contributed by atoms with Gasteiger partial charge in [0.05, 0.1) is 5.75 Å². The maximum Gasteiger partial charge on any atom is 0.238 e. The van der Waals surface area contributed by atoms with Gasteiger partial charge in [-0.25, -0.2) is 8.42 Å².